The number of halogens is 1. The van der Waals surface area contributed by atoms with Crippen LogP contribution >= 0.6 is 0 Å². The lowest BCUT2D eigenvalue weighted by molar-refractivity contribution is -0.119. The zero-order valence-electron chi connectivity index (χ0n) is 20.2. The highest BCUT2D eigenvalue weighted by Gasteiger charge is 2.32. The lowest BCUT2D eigenvalue weighted by Gasteiger charge is -2.32. The Morgan fingerprint density at radius 1 is 1.21 bits per heavy atom. The highest BCUT2D eigenvalue weighted by atomic mass is 19.1. The van der Waals surface area contributed by atoms with Gasteiger partial charge >= 0.3 is 0 Å². The van der Waals surface area contributed by atoms with E-state index in [9.17, 15) is 9.59 Å². The van der Waals surface area contributed by atoms with Crippen LogP contribution in [0.2, 0.25) is 0 Å². The van der Waals surface area contributed by atoms with Crippen molar-refractivity contribution in [1.82, 2.24) is 30.4 Å². The van der Waals surface area contributed by atoms with Crippen LogP contribution in [-0.2, 0) is 11.3 Å². The van der Waals surface area contributed by atoms with Gasteiger partial charge in [0.1, 0.15) is 17.0 Å². The molecule has 1 unspecified atom stereocenters. The maximum atomic E-state index is 15.4. The summed E-state index contributed by atoms with van der Waals surface area (Å²) in [6.45, 7) is 7.92. The molecule has 0 saturated heterocycles. The van der Waals surface area contributed by atoms with E-state index in [1.165, 1.54) is 6.92 Å². The summed E-state index contributed by atoms with van der Waals surface area (Å²) >= 11 is 0. The molecule has 182 valence electrons. The highest BCUT2D eigenvalue weighted by Crippen LogP contribution is 2.37. The lowest BCUT2D eigenvalue weighted by Crippen LogP contribution is -2.36. The summed E-state index contributed by atoms with van der Waals surface area (Å²) in [5.41, 5.74) is 1.64. The Bertz CT molecular complexity index is 1180. The summed E-state index contributed by atoms with van der Waals surface area (Å²) in [6.07, 6.45) is 5.70. The maximum Gasteiger partial charge on any atom is 0.270 e. The van der Waals surface area contributed by atoms with Crippen LogP contribution in [0.4, 0.5) is 4.39 Å². The summed E-state index contributed by atoms with van der Waals surface area (Å²) < 4.78 is 17.0. The average molecular weight is 469 g/mol. The molecule has 1 fully saturated rings. The van der Waals surface area contributed by atoms with Crippen LogP contribution in [0.15, 0.2) is 24.4 Å². The SMILES string of the molecule is CCn1nccc1C(=O)N[C@H](c1nc2c(F)c(C(C)NC(C)=O)ccc2[nH]1)C1CCC(C)CC1. The third-order valence-electron chi connectivity index (χ3n) is 6.89. The van der Waals surface area contributed by atoms with Crippen LogP contribution in [0.3, 0.4) is 0 Å². The zero-order valence-corrected chi connectivity index (χ0v) is 20.2. The van der Waals surface area contributed by atoms with Crippen molar-refractivity contribution in [3.8, 4) is 0 Å². The van der Waals surface area contributed by atoms with Crippen LogP contribution in [-0.4, -0.2) is 31.6 Å². The summed E-state index contributed by atoms with van der Waals surface area (Å²) in [6, 6.07) is 4.29. The van der Waals surface area contributed by atoms with Gasteiger partial charge in [0.25, 0.3) is 5.91 Å². The number of amides is 2. The minimum atomic E-state index is -0.480. The number of aromatic amines is 1. The first-order chi connectivity index (χ1) is 16.3. The number of aryl methyl sites for hydroxylation is 1. The molecule has 2 aromatic heterocycles. The predicted octanol–water partition coefficient (Wildman–Crippen LogP) is 4.41. The molecule has 1 aliphatic rings. The largest absolute Gasteiger partial charge is 0.350 e. The molecule has 3 N–H and O–H groups in total. The first-order valence-corrected chi connectivity index (χ1v) is 12.1. The van der Waals surface area contributed by atoms with Crippen LogP contribution in [0, 0.1) is 17.7 Å². The average Bonchev–Trinajstić information content (AvgIpc) is 3.45. The van der Waals surface area contributed by atoms with Crippen molar-refractivity contribution in [2.45, 2.75) is 72.0 Å². The summed E-state index contributed by atoms with van der Waals surface area (Å²) in [7, 11) is 0. The van der Waals surface area contributed by atoms with Crippen LogP contribution in [0.5, 0.6) is 0 Å². The minimum absolute atomic E-state index is 0.194. The fourth-order valence-electron chi connectivity index (χ4n) is 4.96. The summed E-state index contributed by atoms with van der Waals surface area (Å²) in [5.74, 6) is 0.486. The van der Waals surface area contributed by atoms with Gasteiger partial charge in [-0.05, 0) is 50.7 Å². The molecule has 1 saturated carbocycles. The molecule has 0 spiro atoms. The van der Waals surface area contributed by atoms with Gasteiger partial charge in [-0.15, -0.1) is 0 Å². The first-order valence-electron chi connectivity index (χ1n) is 12.1. The molecule has 0 aliphatic heterocycles. The van der Waals surface area contributed by atoms with Crippen molar-refractivity contribution in [3.05, 3.63) is 47.3 Å². The normalized spacial score (nSPS) is 20.1. The third kappa shape index (κ3) is 4.83. The van der Waals surface area contributed by atoms with E-state index in [1.54, 1.807) is 36.0 Å². The predicted molar refractivity (Wildman–Crippen MR) is 128 cm³/mol. The van der Waals surface area contributed by atoms with Gasteiger partial charge in [0, 0.05) is 25.2 Å². The second kappa shape index (κ2) is 9.95. The standard InChI is InChI=1S/C25H33FN6O2/c1-5-32-20(12-13-27-32)25(34)31-22(17-8-6-14(2)7-9-17)24-29-19-11-10-18(15(3)28-16(4)33)21(26)23(19)30-24/h10-15,17,22H,5-9H2,1-4H3,(H,28,33)(H,29,30)(H,31,34)/t14?,15?,17?,22-/m0/s1. The zero-order chi connectivity index (χ0) is 24.4. The van der Waals surface area contributed by atoms with Gasteiger partial charge in [-0.1, -0.05) is 25.8 Å². The number of carbonyl (C=O) groups excluding carboxylic acids is 2. The molecule has 9 heteroatoms. The maximum absolute atomic E-state index is 15.4. The fourth-order valence-corrected chi connectivity index (χ4v) is 4.96. The van der Waals surface area contributed by atoms with Gasteiger partial charge in [0.05, 0.1) is 17.6 Å². The number of nitrogens with zero attached hydrogens (tertiary/aromatic N) is 3. The van der Waals surface area contributed by atoms with Crippen molar-refractivity contribution in [2.75, 3.05) is 0 Å². The number of imidazole rings is 1. The highest BCUT2D eigenvalue weighted by molar-refractivity contribution is 5.92. The van der Waals surface area contributed by atoms with Crippen molar-refractivity contribution in [3.63, 3.8) is 0 Å². The Balaban J connectivity index is 1.69. The third-order valence-corrected chi connectivity index (χ3v) is 6.89. The number of benzene rings is 1. The Morgan fingerprint density at radius 3 is 2.62 bits per heavy atom. The number of rotatable bonds is 7. The number of carbonyl (C=O) groups is 2. The molecule has 2 heterocycles. The van der Waals surface area contributed by atoms with E-state index in [0.29, 0.717) is 35.1 Å². The molecule has 1 aliphatic carbocycles. The Labute approximate surface area is 198 Å². The quantitative estimate of drug-likeness (QED) is 0.478. The van der Waals surface area contributed by atoms with E-state index >= 15 is 4.39 Å². The van der Waals surface area contributed by atoms with Crippen molar-refractivity contribution < 1.29 is 14.0 Å². The molecule has 0 radical (unpaired) electrons. The monoisotopic (exact) mass is 468 g/mol. The van der Waals surface area contributed by atoms with Crippen LogP contribution < -0.4 is 10.6 Å². The molecular weight excluding hydrogens is 435 g/mol. The molecule has 0 bridgehead atoms. The lowest BCUT2D eigenvalue weighted by atomic mass is 9.79. The van der Waals surface area contributed by atoms with Gasteiger partial charge < -0.3 is 15.6 Å². The summed E-state index contributed by atoms with van der Waals surface area (Å²) in [4.78, 5) is 32.5. The molecule has 3 aromatic rings. The molecule has 4 rings (SSSR count). The molecule has 2 atom stereocenters. The van der Waals surface area contributed by atoms with E-state index in [-0.39, 0.29) is 29.3 Å². The molecule has 34 heavy (non-hydrogen) atoms. The van der Waals surface area contributed by atoms with E-state index in [0.717, 1.165) is 25.7 Å². The Kier molecular flexibility index (Phi) is 7.00. The molecule has 8 nitrogen and oxygen atoms in total. The number of hydrogen-bond donors (Lipinski definition) is 3. The van der Waals surface area contributed by atoms with E-state index in [2.05, 4.69) is 32.6 Å². The van der Waals surface area contributed by atoms with Crippen LogP contribution in [0.1, 0.15) is 87.3 Å². The van der Waals surface area contributed by atoms with Crippen molar-refractivity contribution >= 4 is 22.8 Å². The number of H-pyrrole nitrogens is 1. The van der Waals surface area contributed by atoms with Gasteiger partial charge in [0.2, 0.25) is 5.91 Å². The second-order valence-corrected chi connectivity index (χ2v) is 9.41. The molecule has 2 amide bonds. The van der Waals surface area contributed by atoms with Gasteiger partial charge in [-0.3, -0.25) is 14.3 Å². The van der Waals surface area contributed by atoms with Crippen LogP contribution in [0.25, 0.3) is 11.0 Å². The Morgan fingerprint density at radius 2 is 1.94 bits per heavy atom. The molecular formula is C25H33FN6O2. The smallest absolute Gasteiger partial charge is 0.270 e. The topological polar surface area (TPSA) is 105 Å². The van der Waals surface area contributed by atoms with Gasteiger partial charge in [-0.2, -0.15) is 5.10 Å². The minimum Gasteiger partial charge on any atom is -0.350 e. The first kappa shape index (κ1) is 23.9. The van der Waals surface area contributed by atoms with E-state index in [4.69, 9.17) is 0 Å². The van der Waals surface area contributed by atoms with Crippen molar-refractivity contribution in [1.29, 1.82) is 0 Å². The Hall–Kier alpha value is -3.23. The number of fused-ring (bicyclic) bond motifs is 1. The van der Waals surface area contributed by atoms with E-state index in [1.807, 2.05) is 6.92 Å². The molecule has 1 aromatic carbocycles. The summed E-state index contributed by atoms with van der Waals surface area (Å²) in [5, 5.41) is 10.1. The number of nitrogens with one attached hydrogen (secondary N) is 3. The van der Waals surface area contributed by atoms with E-state index < -0.39 is 11.9 Å². The number of aromatic nitrogens is 4. The number of hydrogen-bond acceptors (Lipinski definition) is 4. The fraction of sp³-hybridized carbons (Fsp3) is 0.520. The van der Waals surface area contributed by atoms with Gasteiger partial charge in [0.15, 0.2) is 5.82 Å². The van der Waals surface area contributed by atoms with Crippen molar-refractivity contribution in [2.24, 2.45) is 11.8 Å². The second-order valence-electron chi connectivity index (χ2n) is 9.41. The van der Waals surface area contributed by atoms with Gasteiger partial charge in [-0.25, -0.2) is 9.37 Å².